The Hall–Kier alpha value is -0.410. The molecule has 76 valence electrons. The molecule has 2 rings (SSSR count). The Labute approximate surface area is 91.6 Å². The fourth-order valence-electron chi connectivity index (χ4n) is 2.07. The fourth-order valence-corrected chi connectivity index (χ4v) is 2.91. The van der Waals surface area contributed by atoms with Gasteiger partial charge >= 0.3 is 0 Å². The van der Waals surface area contributed by atoms with E-state index >= 15 is 0 Å². The minimum Gasteiger partial charge on any atom is -0.321 e. The predicted molar refractivity (Wildman–Crippen MR) is 58.6 cm³/mol. The van der Waals surface area contributed by atoms with Gasteiger partial charge in [0.05, 0.1) is 4.47 Å². The second-order valence-electron chi connectivity index (χ2n) is 4.06. The molecule has 0 atom stereocenters. The highest BCUT2D eigenvalue weighted by atomic mass is 79.9. The van der Waals surface area contributed by atoms with E-state index in [0.29, 0.717) is 4.47 Å². The van der Waals surface area contributed by atoms with Crippen molar-refractivity contribution in [1.82, 2.24) is 0 Å². The summed E-state index contributed by atoms with van der Waals surface area (Å²) in [6, 6.07) is 3.27. The number of rotatable bonds is 1. The summed E-state index contributed by atoms with van der Waals surface area (Å²) in [4.78, 5) is 0. The van der Waals surface area contributed by atoms with Crippen molar-refractivity contribution in [2.24, 2.45) is 5.73 Å². The molecular weight excluding hydrogens is 245 g/mol. The monoisotopic (exact) mass is 257 g/mol. The molecule has 0 aromatic heterocycles. The minimum absolute atomic E-state index is 0.220. The number of nitrogens with two attached hydrogens (primary N) is 1. The molecule has 0 aliphatic heterocycles. The normalized spacial score (nSPS) is 19.1. The summed E-state index contributed by atoms with van der Waals surface area (Å²) in [6.07, 6.45) is 3.05. The SMILES string of the molecule is Cc1ccc(F)c(Br)c1C1(N)CCC1. The molecule has 0 radical (unpaired) electrons. The van der Waals surface area contributed by atoms with Crippen LogP contribution in [0.4, 0.5) is 4.39 Å². The van der Waals surface area contributed by atoms with Gasteiger partial charge in [-0.25, -0.2) is 4.39 Å². The molecule has 0 heterocycles. The Morgan fingerprint density at radius 1 is 1.43 bits per heavy atom. The van der Waals surface area contributed by atoms with Crippen molar-refractivity contribution >= 4 is 15.9 Å². The molecule has 1 aliphatic carbocycles. The van der Waals surface area contributed by atoms with Crippen molar-refractivity contribution in [2.75, 3.05) is 0 Å². The third-order valence-electron chi connectivity index (χ3n) is 3.05. The summed E-state index contributed by atoms with van der Waals surface area (Å²) < 4.78 is 13.9. The number of halogens is 2. The number of aryl methyl sites for hydroxylation is 1. The Bertz CT molecular complexity index is 372. The van der Waals surface area contributed by atoms with Gasteiger partial charge in [0, 0.05) is 5.54 Å². The molecule has 1 saturated carbocycles. The lowest BCUT2D eigenvalue weighted by Gasteiger charge is -2.40. The van der Waals surface area contributed by atoms with Crippen molar-refractivity contribution in [3.8, 4) is 0 Å². The Morgan fingerprint density at radius 2 is 2.07 bits per heavy atom. The third kappa shape index (κ3) is 1.39. The summed E-state index contributed by atoms with van der Waals surface area (Å²) in [6.45, 7) is 1.98. The first-order valence-corrected chi connectivity index (χ1v) is 5.58. The van der Waals surface area contributed by atoms with E-state index in [4.69, 9.17) is 5.73 Å². The van der Waals surface area contributed by atoms with Gasteiger partial charge < -0.3 is 5.73 Å². The van der Waals surface area contributed by atoms with Crippen LogP contribution in [0.5, 0.6) is 0 Å². The van der Waals surface area contributed by atoms with E-state index in [1.807, 2.05) is 6.92 Å². The average Bonchev–Trinajstić information content (AvgIpc) is 2.09. The lowest BCUT2D eigenvalue weighted by Crippen LogP contribution is -2.44. The van der Waals surface area contributed by atoms with Gasteiger partial charge in [-0.2, -0.15) is 0 Å². The van der Waals surface area contributed by atoms with Crippen LogP contribution in [-0.2, 0) is 5.54 Å². The first-order chi connectivity index (χ1) is 6.54. The van der Waals surface area contributed by atoms with E-state index in [1.54, 1.807) is 6.07 Å². The van der Waals surface area contributed by atoms with E-state index in [0.717, 1.165) is 30.4 Å². The maximum absolute atomic E-state index is 13.3. The Morgan fingerprint density at radius 3 is 2.57 bits per heavy atom. The Balaban J connectivity index is 2.56. The van der Waals surface area contributed by atoms with Gasteiger partial charge in [0.25, 0.3) is 0 Å². The van der Waals surface area contributed by atoms with Crippen molar-refractivity contribution < 1.29 is 4.39 Å². The molecule has 1 aromatic rings. The zero-order chi connectivity index (χ0) is 10.3. The van der Waals surface area contributed by atoms with Gasteiger partial charge in [0.1, 0.15) is 5.82 Å². The predicted octanol–water partition coefficient (Wildman–Crippen LogP) is 3.23. The van der Waals surface area contributed by atoms with Crippen LogP contribution in [0.25, 0.3) is 0 Å². The molecule has 1 nitrogen and oxygen atoms in total. The maximum Gasteiger partial charge on any atom is 0.137 e. The van der Waals surface area contributed by atoms with Crippen LogP contribution in [0.1, 0.15) is 30.4 Å². The number of hydrogen-bond donors (Lipinski definition) is 1. The first kappa shape index (κ1) is 10.1. The topological polar surface area (TPSA) is 26.0 Å². The second-order valence-corrected chi connectivity index (χ2v) is 4.86. The average molecular weight is 258 g/mol. The molecule has 1 fully saturated rings. The molecule has 0 spiro atoms. The highest BCUT2D eigenvalue weighted by Gasteiger charge is 2.37. The molecule has 0 saturated heterocycles. The second kappa shape index (κ2) is 3.31. The van der Waals surface area contributed by atoms with Crippen LogP contribution < -0.4 is 5.73 Å². The summed E-state index contributed by atoms with van der Waals surface area (Å²) in [7, 11) is 0. The fraction of sp³-hybridized carbons (Fsp3) is 0.455. The molecule has 1 aromatic carbocycles. The van der Waals surface area contributed by atoms with Crippen molar-refractivity contribution in [3.63, 3.8) is 0 Å². The van der Waals surface area contributed by atoms with Crippen molar-refractivity contribution in [3.05, 3.63) is 33.5 Å². The maximum atomic E-state index is 13.3. The van der Waals surface area contributed by atoms with E-state index in [-0.39, 0.29) is 11.4 Å². The molecule has 14 heavy (non-hydrogen) atoms. The van der Waals surface area contributed by atoms with E-state index in [2.05, 4.69) is 15.9 Å². The van der Waals surface area contributed by atoms with E-state index in [9.17, 15) is 4.39 Å². The third-order valence-corrected chi connectivity index (χ3v) is 3.82. The zero-order valence-electron chi connectivity index (χ0n) is 8.11. The van der Waals surface area contributed by atoms with Gasteiger partial charge in [0.2, 0.25) is 0 Å². The highest BCUT2D eigenvalue weighted by Crippen LogP contribution is 2.43. The van der Waals surface area contributed by atoms with Gasteiger partial charge in [-0.15, -0.1) is 0 Å². The van der Waals surface area contributed by atoms with E-state index in [1.165, 1.54) is 6.07 Å². The lowest BCUT2D eigenvalue weighted by molar-refractivity contribution is 0.250. The number of hydrogen-bond acceptors (Lipinski definition) is 1. The van der Waals surface area contributed by atoms with Crippen molar-refractivity contribution in [2.45, 2.75) is 31.7 Å². The standard InChI is InChI=1S/C11H13BrFN/c1-7-3-4-8(13)10(12)9(7)11(14)5-2-6-11/h3-4H,2,5-6,14H2,1H3. The summed E-state index contributed by atoms with van der Waals surface area (Å²) in [5.74, 6) is -0.220. The van der Waals surface area contributed by atoms with Crippen LogP contribution in [0.3, 0.4) is 0 Å². The van der Waals surface area contributed by atoms with Crippen LogP contribution in [0.2, 0.25) is 0 Å². The first-order valence-electron chi connectivity index (χ1n) is 4.78. The molecule has 3 heteroatoms. The molecule has 1 aliphatic rings. The molecule has 0 bridgehead atoms. The largest absolute Gasteiger partial charge is 0.321 e. The van der Waals surface area contributed by atoms with Crippen LogP contribution in [-0.4, -0.2) is 0 Å². The summed E-state index contributed by atoms with van der Waals surface area (Å²) in [5.41, 5.74) is 7.92. The highest BCUT2D eigenvalue weighted by molar-refractivity contribution is 9.10. The quantitative estimate of drug-likeness (QED) is 0.822. The van der Waals surface area contributed by atoms with Gasteiger partial charge in [-0.1, -0.05) is 6.07 Å². The van der Waals surface area contributed by atoms with Crippen LogP contribution in [0.15, 0.2) is 16.6 Å². The van der Waals surface area contributed by atoms with Crippen molar-refractivity contribution in [1.29, 1.82) is 0 Å². The lowest BCUT2D eigenvalue weighted by atomic mass is 9.71. The molecule has 0 amide bonds. The van der Waals surface area contributed by atoms with Crippen LogP contribution in [0, 0.1) is 12.7 Å². The van der Waals surface area contributed by atoms with Gasteiger partial charge in [-0.05, 0) is 59.3 Å². The number of benzene rings is 1. The van der Waals surface area contributed by atoms with Gasteiger partial charge in [-0.3, -0.25) is 0 Å². The Kier molecular flexibility index (Phi) is 2.40. The van der Waals surface area contributed by atoms with Crippen LogP contribution >= 0.6 is 15.9 Å². The summed E-state index contributed by atoms with van der Waals surface area (Å²) in [5, 5.41) is 0. The molecule has 2 N–H and O–H groups in total. The smallest absolute Gasteiger partial charge is 0.137 e. The van der Waals surface area contributed by atoms with E-state index < -0.39 is 0 Å². The summed E-state index contributed by atoms with van der Waals surface area (Å²) >= 11 is 3.29. The molecule has 0 unspecified atom stereocenters. The minimum atomic E-state index is -0.301. The molecular formula is C11H13BrFN. The van der Waals surface area contributed by atoms with Gasteiger partial charge in [0.15, 0.2) is 0 Å². The zero-order valence-corrected chi connectivity index (χ0v) is 9.70.